The van der Waals surface area contributed by atoms with Crippen LogP contribution in [0.4, 0.5) is 0 Å². The summed E-state index contributed by atoms with van der Waals surface area (Å²) in [4.78, 5) is 27.3. The van der Waals surface area contributed by atoms with Crippen LogP contribution in [0.25, 0.3) is 0 Å². The molecule has 14 heavy (non-hydrogen) atoms. The van der Waals surface area contributed by atoms with Crippen LogP contribution in [0.3, 0.4) is 0 Å². The molecule has 0 saturated heterocycles. The van der Waals surface area contributed by atoms with Gasteiger partial charge in [0.05, 0.1) is 0 Å². The van der Waals surface area contributed by atoms with Crippen molar-refractivity contribution in [3.63, 3.8) is 0 Å². The normalized spacial score (nSPS) is 28.4. The molecule has 0 spiro atoms. The summed E-state index contributed by atoms with van der Waals surface area (Å²) in [5, 5.41) is 0. The lowest BCUT2D eigenvalue weighted by Gasteiger charge is -2.27. The summed E-state index contributed by atoms with van der Waals surface area (Å²) in [5.41, 5.74) is 0. The average molecular weight is 194 g/mol. The van der Waals surface area contributed by atoms with Crippen LogP contribution in [-0.2, 0) is 9.59 Å². The van der Waals surface area contributed by atoms with Gasteiger partial charge in [-0.3, -0.25) is 0 Å². The Hall–Kier alpha value is -1.24. The molecule has 0 radical (unpaired) electrons. The van der Waals surface area contributed by atoms with Gasteiger partial charge >= 0.3 is 0 Å². The quantitative estimate of drug-likeness (QED) is 0.508. The van der Waals surface area contributed by atoms with Gasteiger partial charge in [0.25, 0.3) is 0 Å². The van der Waals surface area contributed by atoms with E-state index in [1.165, 1.54) is 18.6 Å². The van der Waals surface area contributed by atoms with Crippen molar-refractivity contribution in [2.45, 2.75) is 38.8 Å². The van der Waals surface area contributed by atoms with Gasteiger partial charge in [-0.25, -0.2) is 9.59 Å². The minimum atomic E-state index is -0.548. The summed E-state index contributed by atoms with van der Waals surface area (Å²) in [5.74, 6) is 0.835. The molecule has 2 atom stereocenters. The number of isocyanates is 2. The molecule has 1 fully saturated rings. The molecule has 0 aromatic rings. The van der Waals surface area contributed by atoms with Gasteiger partial charge in [-0.05, 0) is 18.8 Å². The van der Waals surface area contributed by atoms with Crippen LogP contribution in [0.5, 0.6) is 0 Å². The van der Waals surface area contributed by atoms with Crippen molar-refractivity contribution in [1.29, 1.82) is 0 Å². The van der Waals surface area contributed by atoms with Crippen molar-refractivity contribution in [2.75, 3.05) is 0 Å². The van der Waals surface area contributed by atoms with Gasteiger partial charge in [-0.15, -0.1) is 0 Å². The number of aliphatic imine (C=N–C) groups is 2. The zero-order chi connectivity index (χ0) is 10.4. The molecule has 1 aliphatic rings. The van der Waals surface area contributed by atoms with Crippen molar-refractivity contribution < 1.29 is 9.59 Å². The summed E-state index contributed by atoms with van der Waals surface area (Å²) >= 11 is 0. The molecule has 4 heteroatoms. The lowest BCUT2D eigenvalue weighted by atomic mass is 9.81. The topological polar surface area (TPSA) is 58.9 Å². The van der Waals surface area contributed by atoms with Crippen LogP contribution in [0, 0.1) is 11.8 Å². The van der Waals surface area contributed by atoms with Gasteiger partial charge in [-0.2, -0.15) is 9.98 Å². The summed E-state index contributed by atoms with van der Waals surface area (Å²) in [6, 6.07) is 0. The van der Waals surface area contributed by atoms with Crippen molar-refractivity contribution in [3.05, 3.63) is 0 Å². The minimum Gasteiger partial charge on any atom is -0.211 e. The van der Waals surface area contributed by atoms with Crippen LogP contribution in [0.15, 0.2) is 9.98 Å². The predicted molar refractivity (Wildman–Crippen MR) is 51.2 cm³/mol. The van der Waals surface area contributed by atoms with Gasteiger partial charge < -0.3 is 0 Å². The third kappa shape index (κ3) is 2.91. The highest BCUT2D eigenvalue weighted by atomic mass is 16.1. The maximum absolute atomic E-state index is 10.1. The van der Waals surface area contributed by atoms with Crippen molar-refractivity contribution in [1.82, 2.24) is 0 Å². The van der Waals surface area contributed by atoms with Crippen LogP contribution in [0.1, 0.15) is 32.6 Å². The Morgan fingerprint density at radius 2 is 1.86 bits per heavy atom. The van der Waals surface area contributed by atoms with Crippen molar-refractivity contribution >= 4 is 12.2 Å². The zero-order valence-corrected chi connectivity index (χ0v) is 8.27. The second-order valence-electron chi connectivity index (χ2n) is 3.89. The van der Waals surface area contributed by atoms with E-state index in [1.54, 1.807) is 0 Å². The molecule has 76 valence electrons. The first-order chi connectivity index (χ1) is 6.77. The average Bonchev–Trinajstić information content (AvgIpc) is 2.17. The molecule has 0 heterocycles. The molecular formula is C10H14N2O2. The summed E-state index contributed by atoms with van der Waals surface area (Å²) in [6.07, 6.45) is 6.66. The number of hydrogen-bond acceptors (Lipinski definition) is 4. The smallest absolute Gasteiger partial charge is 0.211 e. The molecule has 0 aromatic heterocycles. The molecular weight excluding hydrogens is 180 g/mol. The van der Waals surface area contributed by atoms with E-state index in [0.717, 1.165) is 19.3 Å². The van der Waals surface area contributed by atoms with E-state index in [9.17, 15) is 9.59 Å². The van der Waals surface area contributed by atoms with Crippen LogP contribution >= 0.6 is 0 Å². The van der Waals surface area contributed by atoms with E-state index >= 15 is 0 Å². The minimum absolute atomic E-state index is 0.210. The first kappa shape index (κ1) is 10.8. The third-order valence-corrected chi connectivity index (χ3v) is 2.77. The maximum atomic E-state index is 10.1. The molecule has 1 saturated carbocycles. The van der Waals surface area contributed by atoms with Gasteiger partial charge in [0, 0.05) is 5.92 Å². The molecule has 4 nitrogen and oxygen atoms in total. The summed E-state index contributed by atoms with van der Waals surface area (Å²) in [6.45, 7) is 2.17. The molecule has 0 aromatic carbocycles. The first-order valence-corrected chi connectivity index (χ1v) is 4.92. The van der Waals surface area contributed by atoms with Crippen LogP contribution in [0.2, 0.25) is 0 Å². The van der Waals surface area contributed by atoms with Crippen molar-refractivity contribution in [2.24, 2.45) is 21.8 Å². The Morgan fingerprint density at radius 3 is 2.36 bits per heavy atom. The molecule has 1 rings (SSSR count). The maximum Gasteiger partial charge on any atom is 0.237 e. The van der Waals surface area contributed by atoms with E-state index in [4.69, 9.17) is 0 Å². The third-order valence-electron chi connectivity index (χ3n) is 2.77. The number of rotatable bonds is 3. The van der Waals surface area contributed by atoms with Gasteiger partial charge in [0.2, 0.25) is 12.2 Å². The lowest BCUT2D eigenvalue weighted by molar-refractivity contribution is 0.250. The monoisotopic (exact) mass is 194 g/mol. The van der Waals surface area contributed by atoms with E-state index in [-0.39, 0.29) is 5.92 Å². The Labute approximate surface area is 83.1 Å². The molecule has 0 aliphatic heterocycles. The van der Waals surface area contributed by atoms with E-state index < -0.39 is 6.17 Å². The molecule has 0 N–H and O–H groups in total. The van der Waals surface area contributed by atoms with E-state index in [0.29, 0.717) is 5.92 Å². The van der Waals surface area contributed by atoms with E-state index in [1.807, 2.05) is 0 Å². The molecule has 1 aliphatic carbocycles. The predicted octanol–water partition coefficient (Wildman–Crippen LogP) is 1.81. The Morgan fingerprint density at radius 1 is 1.21 bits per heavy atom. The number of carbonyl (C=O) groups excluding carboxylic acids is 2. The zero-order valence-electron chi connectivity index (χ0n) is 8.27. The first-order valence-electron chi connectivity index (χ1n) is 4.92. The van der Waals surface area contributed by atoms with E-state index in [2.05, 4.69) is 16.9 Å². The van der Waals surface area contributed by atoms with Crippen molar-refractivity contribution in [3.8, 4) is 0 Å². The van der Waals surface area contributed by atoms with Crippen LogP contribution in [-0.4, -0.2) is 18.3 Å². The fourth-order valence-electron chi connectivity index (χ4n) is 2.10. The second-order valence-corrected chi connectivity index (χ2v) is 3.89. The SMILES string of the molecule is CC1CCCC(C(N=C=O)N=C=O)C1. The Bertz CT molecular complexity index is 260. The highest BCUT2D eigenvalue weighted by Gasteiger charge is 2.26. The largest absolute Gasteiger partial charge is 0.237 e. The Balaban J connectivity index is 2.66. The Kier molecular flexibility index (Phi) is 4.24. The lowest BCUT2D eigenvalue weighted by Crippen LogP contribution is -2.23. The molecule has 2 unspecified atom stereocenters. The van der Waals surface area contributed by atoms with Crippen LogP contribution < -0.4 is 0 Å². The second kappa shape index (κ2) is 5.48. The fraction of sp³-hybridized carbons (Fsp3) is 0.800. The highest BCUT2D eigenvalue weighted by Crippen LogP contribution is 2.32. The van der Waals surface area contributed by atoms with Gasteiger partial charge in [-0.1, -0.05) is 19.8 Å². The summed E-state index contributed by atoms with van der Waals surface area (Å²) < 4.78 is 0. The molecule has 0 bridgehead atoms. The molecule has 0 amide bonds. The number of nitrogens with zero attached hydrogens (tertiary/aromatic N) is 2. The van der Waals surface area contributed by atoms with Gasteiger partial charge in [0.15, 0.2) is 6.17 Å². The van der Waals surface area contributed by atoms with Gasteiger partial charge in [0.1, 0.15) is 0 Å². The standard InChI is InChI=1S/C10H14N2O2/c1-8-3-2-4-9(5-8)10(11-6-13)12-7-14/h8-10H,2-5H2,1H3. The fourth-order valence-corrected chi connectivity index (χ4v) is 2.10. The summed E-state index contributed by atoms with van der Waals surface area (Å²) in [7, 11) is 0. The highest BCUT2D eigenvalue weighted by molar-refractivity contribution is 5.37. The number of hydrogen-bond donors (Lipinski definition) is 0.